The molecular weight excluding hydrogens is 330 g/mol. The van der Waals surface area contributed by atoms with Crippen molar-refractivity contribution < 1.29 is 4.79 Å². The van der Waals surface area contributed by atoms with Crippen molar-refractivity contribution in [2.45, 2.75) is 25.0 Å². The summed E-state index contributed by atoms with van der Waals surface area (Å²) in [5.41, 5.74) is 1.54. The van der Waals surface area contributed by atoms with E-state index < -0.39 is 4.75 Å². The van der Waals surface area contributed by atoms with Gasteiger partial charge in [-0.1, -0.05) is 35.9 Å². The number of nitrogens with zero attached hydrogens (tertiary/aromatic N) is 2. The van der Waals surface area contributed by atoms with Crippen molar-refractivity contribution in [2.24, 2.45) is 4.99 Å². The molecule has 0 aromatic carbocycles. The number of carbonyl (C=O) groups excluding carboxylic acids is 1. The van der Waals surface area contributed by atoms with Crippen LogP contribution in [0, 0.1) is 0 Å². The highest BCUT2D eigenvalue weighted by Crippen LogP contribution is 2.21. The van der Waals surface area contributed by atoms with Crippen LogP contribution in [0.25, 0.3) is 6.08 Å². The van der Waals surface area contributed by atoms with Crippen molar-refractivity contribution in [3.05, 3.63) is 47.9 Å². The molecule has 0 saturated heterocycles. The van der Waals surface area contributed by atoms with Crippen LogP contribution in [-0.2, 0) is 4.79 Å². The SMILES string of the molecule is C/N=C(Cl)\C(=C/C/C=C/c1cccnc1)NC(=O)C(C)(C)SC. The first-order valence-electron chi connectivity index (χ1n) is 7.16. The fourth-order valence-electron chi connectivity index (χ4n) is 1.54. The van der Waals surface area contributed by atoms with Crippen LogP contribution in [0.3, 0.4) is 0 Å². The molecule has 0 aliphatic rings. The highest BCUT2D eigenvalue weighted by atomic mass is 35.5. The number of thioether (sulfide) groups is 1. The minimum atomic E-state index is -0.532. The van der Waals surface area contributed by atoms with Crippen LogP contribution in [0.5, 0.6) is 0 Å². The molecule has 0 spiro atoms. The van der Waals surface area contributed by atoms with Crippen LogP contribution in [0.4, 0.5) is 0 Å². The van der Waals surface area contributed by atoms with E-state index in [0.717, 1.165) is 5.56 Å². The summed E-state index contributed by atoms with van der Waals surface area (Å²) >= 11 is 7.57. The Hall–Kier alpha value is -1.59. The first-order chi connectivity index (χ1) is 10.9. The van der Waals surface area contributed by atoms with E-state index >= 15 is 0 Å². The van der Waals surface area contributed by atoms with Crippen molar-refractivity contribution in [1.29, 1.82) is 0 Å². The molecule has 1 N–H and O–H groups in total. The largest absolute Gasteiger partial charge is 0.323 e. The maximum atomic E-state index is 12.3. The first kappa shape index (κ1) is 19.5. The zero-order chi connectivity index (χ0) is 17.3. The number of halogens is 1. The number of hydrogen-bond donors (Lipinski definition) is 1. The predicted octanol–water partition coefficient (Wildman–Crippen LogP) is 3.89. The molecule has 6 heteroatoms. The maximum Gasteiger partial charge on any atom is 0.240 e. The van der Waals surface area contributed by atoms with Crippen LogP contribution in [0.1, 0.15) is 25.8 Å². The summed E-state index contributed by atoms with van der Waals surface area (Å²) in [5.74, 6) is -0.103. The lowest BCUT2D eigenvalue weighted by atomic mass is 10.2. The summed E-state index contributed by atoms with van der Waals surface area (Å²) in [5, 5.41) is 3.13. The number of hydrogen-bond acceptors (Lipinski definition) is 4. The van der Waals surface area contributed by atoms with Gasteiger partial charge in [0.05, 0.1) is 10.4 Å². The quantitative estimate of drug-likeness (QED) is 0.758. The van der Waals surface area contributed by atoms with Gasteiger partial charge < -0.3 is 5.32 Å². The zero-order valence-corrected chi connectivity index (χ0v) is 15.4. The predicted molar refractivity (Wildman–Crippen MR) is 101 cm³/mol. The molecule has 0 fully saturated rings. The minimum Gasteiger partial charge on any atom is -0.323 e. The molecule has 124 valence electrons. The number of carbonyl (C=O) groups is 1. The van der Waals surface area contributed by atoms with Gasteiger partial charge in [0.1, 0.15) is 5.17 Å². The Labute approximate surface area is 147 Å². The Bertz CT molecular complexity index is 610. The summed E-state index contributed by atoms with van der Waals surface area (Å²) in [6.07, 6.45) is 11.8. The maximum absolute atomic E-state index is 12.3. The lowest BCUT2D eigenvalue weighted by Gasteiger charge is -2.21. The Kier molecular flexibility index (Phi) is 8.06. The van der Waals surface area contributed by atoms with Crippen molar-refractivity contribution in [3.63, 3.8) is 0 Å². The minimum absolute atomic E-state index is 0.103. The fourth-order valence-corrected chi connectivity index (χ4v) is 1.90. The second-order valence-electron chi connectivity index (χ2n) is 5.23. The van der Waals surface area contributed by atoms with Crippen LogP contribution in [0.2, 0.25) is 0 Å². The van der Waals surface area contributed by atoms with Crippen LogP contribution in [-0.4, -0.2) is 34.1 Å². The zero-order valence-electron chi connectivity index (χ0n) is 13.8. The molecule has 4 nitrogen and oxygen atoms in total. The number of nitrogens with one attached hydrogen (secondary N) is 1. The molecular formula is C17H22ClN3OS. The molecule has 0 radical (unpaired) electrons. The Morgan fingerprint density at radius 3 is 2.83 bits per heavy atom. The molecule has 1 heterocycles. The van der Waals surface area contributed by atoms with E-state index in [1.54, 1.807) is 19.4 Å². The van der Waals surface area contributed by atoms with Gasteiger partial charge in [0.25, 0.3) is 0 Å². The summed E-state index contributed by atoms with van der Waals surface area (Å²) in [4.78, 5) is 20.3. The summed E-state index contributed by atoms with van der Waals surface area (Å²) in [7, 11) is 1.59. The molecule has 0 unspecified atom stereocenters. The second-order valence-corrected chi connectivity index (χ2v) is 7.01. The number of aliphatic imine (C=N–C) groups is 1. The van der Waals surface area contributed by atoms with E-state index in [9.17, 15) is 4.79 Å². The van der Waals surface area contributed by atoms with E-state index in [2.05, 4.69) is 15.3 Å². The monoisotopic (exact) mass is 351 g/mol. The number of pyridine rings is 1. The van der Waals surface area contributed by atoms with Crippen molar-refractivity contribution in [2.75, 3.05) is 13.3 Å². The number of aromatic nitrogens is 1. The molecule has 1 aromatic heterocycles. The van der Waals surface area contributed by atoms with Crippen molar-refractivity contribution >= 4 is 40.5 Å². The Balaban J connectivity index is 2.78. The molecule has 0 aliphatic heterocycles. The van der Waals surface area contributed by atoms with E-state index in [-0.39, 0.29) is 11.1 Å². The lowest BCUT2D eigenvalue weighted by Crippen LogP contribution is -2.40. The second kappa shape index (κ2) is 9.53. The molecule has 0 aliphatic carbocycles. The van der Waals surface area contributed by atoms with Gasteiger partial charge in [-0.15, -0.1) is 11.8 Å². The van der Waals surface area contributed by atoms with E-state index in [1.165, 1.54) is 11.8 Å². The summed E-state index contributed by atoms with van der Waals surface area (Å²) in [6, 6.07) is 3.85. The Morgan fingerprint density at radius 1 is 1.52 bits per heavy atom. The molecule has 1 amide bonds. The molecule has 0 saturated carbocycles. The fraction of sp³-hybridized carbons (Fsp3) is 0.353. The molecule has 0 atom stereocenters. The van der Waals surface area contributed by atoms with Gasteiger partial charge in [0, 0.05) is 19.4 Å². The number of rotatable bonds is 7. The lowest BCUT2D eigenvalue weighted by molar-refractivity contribution is -0.121. The third-order valence-electron chi connectivity index (χ3n) is 3.18. The van der Waals surface area contributed by atoms with Gasteiger partial charge in [-0.2, -0.15) is 0 Å². The van der Waals surface area contributed by atoms with E-state index in [1.807, 2.05) is 50.5 Å². The van der Waals surface area contributed by atoms with Crippen LogP contribution in [0.15, 0.2) is 47.4 Å². The third-order valence-corrected chi connectivity index (χ3v) is 4.76. The summed E-state index contributed by atoms with van der Waals surface area (Å²) in [6.45, 7) is 3.73. The molecule has 1 aromatic rings. The van der Waals surface area contributed by atoms with E-state index in [0.29, 0.717) is 12.1 Å². The highest BCUT2D eigenvalue weighted by molar-refractivity contribution is 8.00. The molecule has 1 rings (SSSR count). The van der Waals surface area contributed by atoms with Gasteiger partial charge >= 0.3 is 0 Å². The van der Waals surface area contributed by atoms with Gasteiger partial charge in [-0.3, -0.25) is 14.8 Å². The number of amides is 1. The van der Waals surface area contributed by atoms with Crippen LogP contribution < -0.4 is 5.32 Å². The summed E-state index contributed by atoms with van der Waals surface area (Å²) < 4.78 is -0.532. The molecule has 23 heavy (non-hydrogen) atoms. The highest BCUT2D eigenvalue weighted by Gasteiger charge is 2.27. The van der Waals surface area contributed by atoms with Gasteiger partial charge in [-0.05, 0) is 38.2 Å². The normalized spacial score (nSPS) is 13.4. The smallest absolute Gasteiger partial charge is 0.240 e. The van der Waals surface area contributed by atoms with Gasteiger partial charge in [0.2, 0.25) is 5.91 Å². The van der Waals surface area contributed by atoms with E-state index in [4.69, 9.17) is 11.6 Å². The van der Waals surface area contributed by atoms with Crippen molar-refractivity contribution in [3.8, 4) is 0 Å². The number of allylic oxidation sites excluding steroid dienone is 3. The topological polar surface area (TPSA) is 54.4 Å². The first-order valence-corrected chi connectivity index (χ1v) is 8.77. The van der Waals surface area contributed by atoms with Crippen molar-refractivity contribution in [1.82, 2.24) is 10.3 Å². The van der Waals surface area contributed by atoms with Gasteiger partial charge in [0.15, 0.2) is 0 Å². The van der Waals surface area contributed by atoms with Crippen LogP contribution >= 0.6 is 23.4 Å². The average molecular weight is 352 g/mol. The molecule has 0 bridgehead atoms. The standard InChI is InChI=1S/C17H22ClN3OS/c1-17(2,23-4)16(22)21-14(15(18)19-3)10-6-5-8-13-9-7-11-20-12-13/h5,7-12H,6H2,1-4H3,(H,21,22)/b8-5+,14-10+,19-15+. The third kappa shape index (κ3) is 6.59. The Morgan fingerprint density at radius 2 is 2.26 bits per heavy atom. The average Bonchev–Trinajstić information content (AvgIpc) is 2.57. The van der Waals surface area contributed by atoms with Gasteiger partial charge in [-0.25, -0.2) is 0 Å².